The Morgan fingerprint density at radius 1 is 1.23 bits per heavy atom. The molecule has 3 rings (SSSR count). The number of thioether (sulfide) groups is 1. The maximum absolute atomic E-state index is 13.8. The van der Waals surface area contributed by atoms with E-state index in [9.17, 15) is 14.2 Å². The second-order valence-electron chi connectivity index (χ2n) is 11.4. The molecule has 1 aromatic carbocycles. The minimum atomic E-state index is -3.70. The van der Waals surface area contributed by atoms with Crippen molar-refractivity contribution in [2.45, 2.75) is 64.7 Å². The first-order valence-corrected chi connectivity index (χ1v) is 18.9. The highest BCUT2D eigenvalue weighted by Crippen LogP contribution is 2.44. The summed E-state index contributed by atoms with van der Waals surface area (Å²) in [5.74, 6) is -0.0817. The zero-order valence-corrected chi connectivity index (χ0v) is 31.2. The molecule has 0 bridgehead atoms. The number of primary amides is 1. The lowest BCUT2D eigenvalue weighted by molar-refractivity contribution is -0.142. The number of nitrogens with two attached hydrogens (primary N) is 1. The number of hydrogen-bond acceptors (Lipinski definition) is 10. The Labute approximate surface area is 297 Å². The maximum atomic E-state index is 13.8. The van der Waals surface area contributed by atoms with Crippen molar-refractivity contribution >= 4 is 54.5 Å². The predicted octanol–water partition coefficient (Wildman–Crippen LogP) is 7.18. The number of allylic oxidation sites excluding steroid dienone is 5. The van der Waals surface area contributed by atoms with E-state index in [1.165, 1.54) is 7.11 Å². The van der Waals surface area contributed by atoms with E-state index in [0.29, 0.717) is 23.7 Å². The first-order valence-electron chi connectivity index (χ1n) is 15.5. The monoisotopic (exact) mass is 742 g/mol. The molecule has 264 valence electrons. The highest BCUT2D eigenvalue weighted by molar-refractivity contribution is 8.06. The van der Waals surface area contributed by atoms with Crippen LogP contribution in [0.4, 0.5) is 4.79 Å². The van der Waals surface area contributed by atoms with E-state index in [4.69, 9.17) is 47.7 Å². The highest BCUT2D eigenvalue weighted by Gasteiger charge is 2.35. The van der Waals surface area contributed by atoms with Gasteiger partial charge in [0, 0.05) is 28.6 Å². The van der Waals surface area contributed by atoms with E-state index in [0.717, 1.165) is 21.2 Å². The standard InChI is InChI=1S/C33H45Cl2N4O7PS/c1-7-24(14-13-22(4)45-20-47(42,38-23(5)32(40)43-6)46-27-11-9-8-10-12-27)18-39-29(19-44-33(36)41)37-30(21(2)3)31(39)48-28-16-25(34)15-26(35)17-28/h7-14,16-17,21-23,25,29,37H,15,18-20H2,1-6H3,(H2,36,41)(H,38,42)/b14-13-,24-7+/t22?,23-,25?,29?,47?/m0/s1. The molecule has 4 unspecified atom stereocenters. The summed E-state index contributed by atoms with van der Waals surface area (Å²) in [5.41, 5.74) is 7.24. The topological polar surface area (TPSA) is 141 Å². The molecular formula is C33H45Cl2N4O7PS. The molecule has 4 N–H and O–H groups in total. The quantitative estimate of drug-likeness (QED) is 0.0647. The molecule has 0 saturated heterocycles. The lowest BCUT2D eigenvalue weighted by Gasteiger charge is -2.29. The summed E-state index contributed by atoms with van der Waals surface area (Å²) < 4.78 is 35.6. The van der Waals surface area contributed by atoms with Crippen LogP contribution < -0.4 is 20.7 Å². The fraction of sp³-hybridized carbons (Fsp3) is 0.455. The Hall–Kier alpha value is -2.86. The summed E-state index contributed by atoms with van der Waals surface area (Å²) in [6.45, 7) is 9.91. The minimum absolute atomic E-state index is 0.0251. The van der Waals surface area contributed by atoms with Crippen LogP contribution in [0.25, 0.3) is 0 Å². The van der Waals surface area contributed by atoms with Crippen LogP contribution in [0.2, 0.25) is 0 Å². The van der Waals surface area contributed by atoms with E-state index < -0.39 is 31.7 Å². The zero-order chi connectivity index (χ0) is 35.4. The van der Waals surface area contributed by atoms with Crippen molar-refractivity contribution in [1.29, 1.82) is 0 Å². The van der Waals surface area contributed by atoms with E-state index in [-0.39, 0.29) is 30.4 Å². The third-order valence-corrected chi connectivity index (χ3v) is 10.6. The number of carbonyl (C=O) groups is 2. The second-order valence-corrected chi connectivity index (χ2v) is 15.6. The first-order chi connectivity index (χ1) is 22.7. The van der Waals surface area contributed by atoms with Gasteiger partial charge in [-0.1, -0.05) is 79.7 Å². The number of halogens is 2. The second kappa shape index (κ2) is 18.8. The lowest BCUT2D eigenvalue weighted by atomic mass is 10.1. The smallest absolute Gasteiger partial charge is 0.404 e. The number of para-hydroxylation sites is 1. The average Bonchev–Trinajstić information content (AvgIpc) is 3.36. The number of rotatable bonds is 17. The van der Waals surface area contributed by atoms with E-state index in [2.05, 4.69) is 29.2 Å². The molecule has 11 nitrogen and oxygen atoms in total. The van der Waals surface area contributed by atoms with Gasteiger partial charge in [-0.25, -0.2) is 9.88 Å². The van der Waals surface area contributed by atoms with Crippen molar-refractivity contribution in [3.63, 3.8) is 0 Å². The molecule has 1 aromatic rings. The van der Waals surface area contributed by atoms with E-state index in [1.807, 2.05) is 50.3 Å². The number of ether oxygens (including phenoxy) is 3. The number of nitrogens with one attached hydrogen (secondary N) is 2. The number of carbonyl (C=O) groups excluding carboxylic acids is 2. The third-order valence-electron chi connectivity index (χ3n) is 7.15. The molecular weight excluding hydrogens is 698 g/mol. The van der Waals surface area contributed by atoms with Crippen LogP contribution in [0.5, 0.6) is 5.75 Å². The number of nitrogens with zero attached hydrogens (tertiary/aromatic N) is 1. The molecule has 0 spiro atoms. The van der Waals surface area contributed by atoms with Crippen molar-refractivity contribution < 1.29 is 32.9 Å². The van der Waals surface area contributed by atoms with E-state index >= 15 is 0 Å². The summed E-state index contributed by atoms with van der Waals surface area (Å²) in [6.07, 6.45) is 8.17. The van der Waals surface area contributed by atoms with Crippen LogP contribution in [0.1, 0.15) is 41.0 Å². The average molecular weight is 744 g/mol. The fourth-order valence-electron chi connectivity index (χ4n) is 4.71. The molecule has 1 heterocycles. The summed E-state index contributed by atoms with van der Waals surface area (Å²) >= 11 is 14.4. The van der Waals surface area contributed by atoms with Crippen LogP contribution in [0.15, 0.2) is 86.9 Å². The van der Waals surface area contributed by atoms with Gasteiger partial charge < -0.3 is 34.7 Å². The predicted molar refractivity (Wildman–Crippen MR) is 192 cm³/mol. The molecule has 2 aliphatic rings. The van der Waals surface area contributed by atoms with Gasteiger partial charge in [0.1, 0.15) is 30.9 Å². The van der Waals surface area contributed by atoms with Gasteiger partial charge in [0.15, 0.2) is 0 Å². The Bertz CT molecular complexity index is 1490. The number of alkyl halides is 1. The van der Waals surface area contributed by atoms with Crippen molar-refractivity contribution in [3.8, 4) is 5.75 Å². The van der Waals surface area contributed by atoms with Gasteiger partial charge >= 0.3 is 19.6 Å². The maximum Gasteiger partial charge on any atom is 0.404 e. The highest BCUT2D eigenvalue weighted by atomic mass is 35.5. The SMILES string of the molecule is C/C=C(\C=C/C(C)OCP(=O)(N[C@@H](C)C(=O)OC)Oc1ccccc1)CN1C(SC2=CC(Cl)CC(Cl)=C2)=C(C(C)C)NC1COC(N)=O. The van der Waals surface area contributed by atoms with Crippen LogP contribution in [0.3, 0.4) is 0 Å². The molecule has 15 heteroatoms. The summed E-state index contributed by atoms with van der Waals surface area (Å²) in [4.78, 5) is 26.6. The number of amides is 1. The van der Waals surface area contributed by atoms with Crippen LogP contribution in [0, 0.1) is 5.92 Å². The van der Waals surface area contributed by atoms with Crippen LogP contribution in [-0.2, 0) is 23.6 Å². The van der Waals surface area contributed by atoms with Crippen molar-refractivity contribution in [2.75, 3.05) is 26.6 Å². The fourth-order valence-corrected chi connectivity index (χ4v) is 8.65. The lowest BCUT2D eigenvalue weighted by Crippen LogP contribution is -2.43. The van der Waals surface area contributed by atoms with Gasteiger partial charge in [0.25, 0.3) is 0 Å². The van der Waals surface area contributed by atoms with E-state index in [1.54, 1.807) is 43.0 Å². The Morgan fingerprint density at radius 2 is 1.94 bits per heavy atom. The van der Waals surface area contributed by atoms with Gasteiger partial charge in [0.2, 0.25) is 0 Å². The van der Waals surface area contributed by atoms with Gasteiger partial charge in [-0.15, -0.1) is 11.6 Å². The van der Waals surface area contributed by atoms with Gasteiger partial charge in [-0.05, 0) is 50.5 Å². The zero-order valence-electron chi connectivity index (χ0n) is 28.0. The summed E-state index contributed by atoms with van der Waals surface area (Å²) in [5, 5.41) is 7.69. The van der Waals surface area contributed by atoms with Gasteiger partial charge in [-0.3, -0.25) is 9.36 Å². The molecule has 0 saturated carbocycles. The molecule has 0 radical (unpaired) electrons. The molecule has 0 aromatic heterocycles. The Balaban J connectivity index is 1.79. The Morgan fingerprint density at radius 3 is 2.54 bits per heavy atom. The molecule has 48 heavy (non-hydrogen) atoms. The number of methoxy groups -OCH3 is 1. The van der Waals surface area contributed by atoms with Crippen molar-refractivity contribution in [1.82, 2.24) is 15.3 Å². The van der Waals surface area contributed by atoms with Crippen molar-refractivity contribution in [3.05, 3.63) is 86.9 Å². The Kier molecular flexibility index (Phi) is 15.5. The molecule has 1 amide bonds. The van der Waals surface area contributed by atoms with Crippen LogP contribution in [-0.4, -0.2) is 67.3 Å². The molecule has 1 aliphatic heterocycles. The summed E-state index contributed by atoms with van der Waals surface area (Å²) in [7, 11) is -2.44. The first kappa shape index (κ1) is 39.6. The van der Waals surface area contributed by atoms with Gasteiger partial charge in [-0.2, -0.15) is 0 Å². The molecule has 5 atom stereocenters. The molecule has 0 fully saturated rings. The normalized spacial score (nSPS) is 20.9. The number of hydrogen-bond donors (Lipinski definition) is 3. The number of esters is 1. The van der Waals surface area contributed by atoms with Crippen LogP contribution >= 0.6 is 42.5 Å². The summed E-state index contributed by atoms with van der Waals surface area (Å²) in [6, 6.07) is 7.77. The van der Waals surface area contributed by atoms with Gasteiger partial charge in [0.05, 0.1) is 23.6 Å². The third kappa shape index (κ3) is 12.2. The number of benzene rings is 1. The van der Waals surface area contributed by atoms with Crippen molar-refractivity contribution in [2.24, 2.45) is 11.7 Å². The minimum Gasteiger partial charge on any atom is -0.468 e. The largest absolute Gasteiger partial charge is 0.468 e. The molecule has 1 aliphatic carbocycles.